The second-order valence-electron chi connectivity index (χ2n) is 5.83. The number of halogens is 1. The van der Waals surface area contributed by atoms with Crippen molar-refractivity contribution in [3.8, 4) is 0 Å². The highest BCUT2D eigenvalue weighted by Gasteiger charge is 2.23. The zero-order valence-corrected chi connectivity index (χ0v) is 13.3. The molecule has 0 aliphatic carbocycles. The number of hydrogen-bond acceptors (Lipinski definition) is 3. The van der Waals surface area contributed by atoms with Crippen LogP contribution in [0.1, 0.15) is 24.2 Å². The number of amides is 1. The normalized spacial score (nSPS) is 12.5. The summed E-state index contributed by atoms with van der Waals surface area (Å²) in [5.41, 5.74) is 0.0883. The van der Waals surface area contributed by atoms with Crippen molar-refractivity contribution in [2.45, 2.75) is 19.4 Å². The molecule has 3 N–H and O–H groups in total. The van der Waals surface area contributed by atoms with Crippen molar-refractivity contribution in [2.24, 2.45) is 0 Å². The van der Waals surface area contributed by atoms with Crippen LogP contribution in [-0.2, 0) is 10.0 Å². The molecule has 6 nitrogen and oxygen atoms in total. The van der Waals surface area contributed by atoms with E-state index in [0.29, 0.717) is 16.5 Å². The lowest BCUT2D eigenvalue weighted by Crippen LogP contribution is -2.50. The lowest BCUT2D eigenvalue weighted by molar-refractivity contribution is 0.0946. The molecule has 0 radical (unpaired) electrons. The van der Waals surface area contributed by atoms with E-state index in [0.717, 1.165) is 6.26 Å². The molecule has 1 aromatic heterocycles. The Labute approximate surface area is 128 Å². The average molecular weight is 327 g/mol. The molecule has 0 aliphatic rings. The molecule has 0 saturated heterocycles. The van der Waals surface area contributed by atoms with Gasteiger partial charge in [-0.3, -0.25) is 4.79 Å². The molecule has 1 aromatic carbocycles. The van der Waals surface area contributed by atoms with Crippen LogP contribution in [0, 0.1) is 5.82 Å². The largest absolute Gasteiger partial charge is 0.360 e. The van der Waals surface area contributed by atoms with Gasteiger partial charge in [0.25, 0.3) is 5.91 Å². The highest BCUT2D eigenvalue weighted by atomic mass is 32.2. The average Bonchev–Trinajstić information content (AvgIpc) is 2.76. The minimum Gasteiger partial charge on any atom is -0.360 e. The van der Waals surface area contributed by atoms with Crippen molar-refractivity contribution < 1.29 is 17.6 Å². The predicted octanol–water partition coefficient (Wildman–Crippen LogP) is 1.36. The number of fused-ring (bicyclic) bond motifs is 1. The molecule has 22 heavy (non-hydrogen) atoms. The van der Waals surface area contributed by atoms with Gasteiger partial charge in [-0.2, -0.15) is 0 Å². The van der Waals surface area contributed by atoms with E-state index in [1.807, 2.05) is 0 Å². The first-order valence-electron chi connectivity index (χ1n) is 6.61. The van der Waals surface area contributed by atoms with Gasteiger partial charge in [-0.15, -0.1) is 0 Å². The van der Waals surface area contributed by atoms with E-state index >= 15 is 0 Å². The highest BCUT2D eigenvalue weighted by Crippen LogP contribution is 2.19. The maximum Gasteiger partial charge on any atom is 0.253 e. The van der Waals surface area contributed by atoms with Gasteiger partial charge in [0, 0.05) is 29.2 Å². The van der Waals surface area contributed by atoms with Crippen LogP contribution in [0.4, 0.5) is 4.39 Å². The molecule has 0 fully saturated rings. The lowest BCUT2D eigenvalue weighted by Gasteiger charge is -2.25. The quantitative estimate of drug-likeness (QED) is 0.774. The number of rotatable bonds is 5. The SMILES string of the molecule is CC(C)(CNC(=O)c1c[nH]c2cc(F)ccc12)NS(C)(=O)=O. The van der Waals surface area contributed by atoms with Gasteiger partial charge >= 0.3 is 0 Å². The van der Waals surface area contributed by atoms with E-state index in [1.54, 1.807) is 13.8 Å². The maximum absolute atomic E-state index is 13.1. The Morgan fingerprint density at radius 3 is 2.68 bits per heavy atom. The van der Waals surface area contributed by atoms with Crippen molar-refractivity contribution in [1.82, 2.24) is 15.0 Å². The van der Waals surface area contributed by atoms with E-state index in [1.165, 1.54) is 24.4 Å². The molecule has 120 valence electrons. The Kier molecular flexibility index (Phi) is 4.25. The Balaban J connectivity index is 2.12. The number of sulfonamides is 1. The number of carbonyl (C=O) groups is 1. The molecule has 0 aliphatic heterocycles. The molecule has 0 saturated carbocycles. The third kappa shape index (κ3) is 4.05. The van der Waals surface area contributed by atoms with E-state index in [2.05, 4.69) is 15.0 Å². The van der Waals surface area contributed by atoms with Crippen LogP contribution in [0.5, 0.6) is 0 Å². The maximum atomic E-state index is 13.1. The second kappa shape index (κ2) is 5.69. The molecule has 0 spiro atoms. The van der Waals surface area contributed by atoms with Crippen molar-refractivity contribution in [3.63, 3.8) is 0 Å². The fourth-order valence-corrected chi connectivity index (χ4v) is 3.30. The van der Waals surface area contributed by atoms with Crippen molar-refractivity contribution in [1.29, 1.82) is 0 Å². The lowest BCUT2D eigenvalue weighted by atomic mass is 10.1. The van der Waals surface area contributed by atoms with E-state index < -0.39 is 15.6 Å². The summed E-state index contributed by atoms with van der Waals surface area (Å²) in [6.45, 7) is 3.45. The van der Waals surface area contributed by atoms with Crippen LogP contribution in [0.2, 0.25) is 0 Å². The van der Waals surface area contributed by atoms with Gasteiger partial charge in [0.15, 0.2) is 0 Å². The van der Waals surface area contributed by atoms with E-state index in [9.17, 15) is 17.6 Å². The van der Waals surface area contributed by atoms with Crippen LogP contribution in [0.25, 0.3) is 10.9 Å². The molecule has 2 aromatic rings. The van der Waals surface area contributed by atoms with E-state index in [-0.39, 0.29) is 18.3 Å². The summed E-state index contributed by atoms with van der Waals surface area (Å²) in [5, 5.41) is 3.28. The molecule has 1 amide bonds. The van der Waals surface area contributed by atoms with Gasteiger partial charge in [0.1, 0.15) is 5.82 Å². The molecular formula is C14H18FN3O3S. The van der Waals surface area contributed by atoms with Crippen LogP contribution in [0.15, 0.2) is 24.4 Å². The van der Waals surface area contributed by atoms with Gasteiger partial charge in [0.05, 0.1) is 11.8 Å². The number of carbonyl (C=O) groups excluding carboxylic acids is 1. The first kappa shape index (κ1) is 16.4. The highest BCUT2D eigenvalue weighted by molar-refractivity contribution is 7.88. The Hall–Kier alpha value is -1.93. The molecule has 2 rings (SSSR count). The summed E-state index contributed by atoms with van der Waals surface area (Å²) < 4.78 is 38.1. The molecule has 0 bridgehead atoms. The third-order valence-electron chi connectivity index (χ3n) is 3.04. The summed E-state index contributed by atoms with van der Waals surface area (Å²) in [7, 11) is -3.37. The topological polar surface area (TPSA) is 91.1 Å². The molecular weight excluding hydrogens is 309 g/mol. The van der Waals surface area contributed by atoms with E-state index in [4.69, 9.17) is 0 Å². The third-order valence-corrected chi connectivity index (χ3v) is 3.96. The number of hydrogen-bond donors (Lipinski definition) is 3. The summed E-state index contributed by atoms with van der Waals surface area (Å²) in [4.78, 5) is 15.0. The number of aromatic amines is 1. The predicted molar refractivity (Wildman–Crippen MR) is 82.6 cm³/mol. The fraction of sp³-hybridized carbons (Fsp3) is 0.357. The monoisotopic (exact) mass is 327 g/mol. The molecule has 0 unspecified atom stereocenters. The number of aromatic nitrogens is 1. The first-order chi connectivity index (χ1) is 10.1. The van der Waals surface area contributed by atoms with Crippen LogP contribution in [-0.4, -0.2) is 37.6 Å². The van der Waals surface area contributed by atoms with Gasteiger partial charge in [-0.25, -0.2) is 17.5 Å². The molecule has 8 heteroatoms. The van der Waals surface area contributed by atoms with Crippen LogP contribution >= 0.6 is 0 Å². The zero-order valence-electron chi connectivity index (χ0n) is 12.5. The van der Waals surface area contributed by atoms with Crippen LogP contribution < -0.4 is 10.0 Å². The van der Waals surface area contributed by atoms with Crippen LogP contribution in [0.3, 0.4) is 0 Å². The Morgan fingerprint density at radius 2 is 2.05 bits per heavy atom. The standard InChI is InChI=1S/C14H18FN3O3S/c1-14(2,18-22(3,20)21)8-17-13(19)11-7-16-12-6-9(15)4-5-10(11)12/h4-7,16,18H,8H2,1-3H3,(H,17,19). The summed E-state index contributed by atoms with van der Waals surface area (Å²) >= 11 is 0. The number of H-pyrrole nitrogens is 1. The Morgan fingerprint density at radius 1 is 1.36 bits per heavy atom. The Bertz CT molecular complexity index is 812. The zero-order chi connectivity index (χ0) is 16.5. The fourth-order valence-electron chi connectivity index (χ4n) is 2.22. The van der Waals surface area contributed by atoms with Gasteiger partial charge in [-0.1, -0.05) is 0 Å². The summed E-state index contributed by atoms with van der Waals surface area (Å²) in [6, 6.07) is 4.11. The molecule has 0 atom stereocenters. The molecule has 1 heterocycles. The number of benzene rings is 1. The van der Waals surface area contributed by atoms with Crippen molar-refractivity contribution >= 4 is 26.8 Å². The van der Waals surface area contributed by atoms with Gasteiger partial charge < -0.3 is 10.3 Å². The van der Waals surface area contributed by atoms with Crippen molar-refractivity contribution in [3.05, 3.63) is 35.8 Å². The summed E-state index contributed by atoms with van der Waals surface area (Å²) in [5.74, 6) is -0.749. The van der Waals surface area contributed by atoms with Gasteiger partial charge in [0.2, 0.25) is 10.0 Å². The smallest absolute Gasteiger partial charge is 0.253 e. The minimum atomic E-state index is -3.37. The van der Waals surface area contributed by atoms with Crippen molar-refractivity contribution in [2.75, 3.05) is 12.8 Å². The van der Waals surface area contributed by atoms with Gasteiger partial charge in [-0.05, 0) is 32.0 Å². The second-order valence-corrected chi connectivity index (χ2v) is 7.58. The minimum absolute atomic E-state index is 0.118. The number of nitrogens with one attached hydrogen (secondary N) is 3. The summed E-state index contributed by atoms with van der Waals surface area (Å²) in [6.07, 6.45) is 2.56. The first-order valence-corrected chi connectivity index (χ1v) is 8.50.